The number of hydrogen-bond donors (Lipinski definition) is 1. The highest BCUT2D eigenvalue weighted by Crippen LogP contribution is 2.33. The predicted octanol–water partition coefficient (Wildman–Crippen LogP) is 3.84. The topological polar surface area (TPSA) is 29.3 Å². The Morgan fingerprint density at radius 2 is 1.58 bits per heavy atom. The Kier molecular flexibility index (Phi) is 3.64. The normalized spacial score (nSPS) is 10.5. The van der Waals surface area contributed by atoms with Crippen LogP contribution in [0.1, 0.15) is 6.92 Å². The summed E-state index contributed by atoms with van der Waals surface area (Å²) in [5, 5.41) is 0. The SMILES string of the molecule is CCN(c1ccccc1F)c1c(F)cc(N)cc1F. The van der Waals surface area contributed by atoms with E-state index >= 15 is 0 Å². The second kappa shape index (κ2) is 5.22. The van der Waals surface area contributed by atoms with Crippen LogP contribution in [-0.4, -0.2) is 6.54 Å². The zero-order valence-corrected chi connectivity index (χ0v) is 10.3. The molecule has 2 aromatic rings. The molecule has 0 unspecified atom stereocenters. The number of nitrogens with zero attached hydrogens (tertiary/aromatic N) is 1. The van der Waals surface area contributed by atoms with Gasteiger partial charge in [0.05, 0.1) is 5.69 Å². The highest BCUT2D eigenvalue weighted by atomic mass is 19.1. The second-order valence-corrected chi connectivity index (χ2v) is 4.03. The fourth-order valence-corrected chi connectivity index (χ4v) is 1.96. The molecule has 5 heteroatoms. The van der Waals surface area contributed by atoms with Crippen LogP contribution in [0, 0.1) is 17.5 Å². The zero-order valence-electron chi connectivity index (χ0n) is 10.3. The molecular formula is C14H13F3N2. The summed E-state index contributed by atoms with van der Waals surface area (Å²) >= 11 is 0. The smallest absolute Gasteiger partial charge is 0.151 e. The Morgan fingerprint density at radius 3 is 2.11 bits per heavy atom. The Morgan fingerprint density at radius 1 is 1.00 bits per heavy atom. The first-order valence-electron chi connectivity index (χ1n) is 5.81. The van der Waals surface area contributed by atoms with Crippen LogP contribution in [0.15, 0.2) is 36.4 Å². The highest BCUT2D eigenvalue weighted by Gasteiger charge is 2.20. The number of hydrogen-bond acceptors (Lipinski definition) is 2. The van der Waals surface area contributed by atoms with E-state index in [2.05, 4.69) is 0 Å². The van der Waals surface area contributed by atoms with Crippen molar-refractivity contribution >= 4 is 17.1 Å². The summed E-state index contributed by atoms with van der Waals surface area (Å²) in [6, 6.07) is 7.86. The van der Waals surface area contributed by atoms with Crippen molar-refractivity contribution < 1.29 is 13.2 Å². The van der Waals surface area contributed by atoms with Crippen molar-refractivity contribution in [1.29, 1.82) is 0 Å². The van der Waals surface area contributed by atoms with Gasteiger partial charge in [-0.15, -0.1) is 0 Å². The number of benzene rings is 2. The number of rotatable bonds is 3. The van der Waals surface area contributed by atoms with Gasteiger partial charge in [-0.3, -0.25) is 0 Å². The molecule has 0 amide bonds. The van der Waals surface area contributed by atoms with Crippen molar-refractivity contribution in [3.05, 3.63) is 53.8 Å². The maximum absolute atomic E-state index is 13.9. The van der Waals surface area contributed by atoms with Crippen LogP contribution in [0.5, 0.6) is 0 Å². The third-order valence-electron chi connectivity index (χ3n) is 2.77. The van der Waals surface area contributed by atoms with Gasteiger partial charge in [0, 0.05) is 12.2 Å². The lowest BCUT2D eigenvalue weighted by Crippen LogP contribution is -2.20. The molecule has 0 saturated heterocycles. The number of para-hydroxylation sites is 1. The van der Waals surface area contributed by atoms with E-state index in [4.69, 9.17) is 5.73 Å². The van der Waals surface area contributed by atoms with Gasteiger partial charge in [0.2, 0.25) is 0 Å². The summed E-state index contributed by atoms with van der Waals surface area (Å²) in [4.78, 5) is 1.24. The van der Waals surface area contributed by atoms with Gasteiger partial charge in [0.15, 0.2) is 11.6 Å². The van der Waals surface area contributed by atoms with E-state index in [1.807, 2.05) is 0 Å². The van der Waals surface area contributed by atoms with E-state index in [9.17, 15) is 13.2 Å². The second-order valence-electron chi connectivity index (χ2n) is 4.03. The van der Waals surface area contributed by atoms with Gasteiger partial charge < -0.3 is 10.6 Å². The van der Waals surface area contributed by atoms with E-state index in [0.29, 0.717) is 0 Å². The van der Waals surface area contributed by atoms with Crippen LogP contribution in [0.3, 0.4) is 0 Å². The monoisotopic (exact) mass is 266 g/mol. The average molecular weight is 266 g/mol. The third kappa shape index (κ3) is 2.50. The Labute approximate surface area is 109 Å². The Bertz CT molecular complexity index is 576. The van der Waals surface area contributed by atoms with Crippen molar-refractivity contribution in [1.82, 2.24) is 0 Å². The fraction of sp³-hybridized carbons (Fsp3) is 0.143. The predicted molar refractivity (Wildman–Crippen MR) is 69.9 cm³/mol. The quantitative estimate of drug-likeness (QED) is 0.855. The minimum atomic E-state index is -0.817. The van der Waals surface area contributed by atoms with Gasteiger partial charge in [0.1, 0.15) is 11.5 Å². The van der Waals surface area contributed by atoms with Gasteiger partial charge in [-0.05, 0) is 31.2 Å². The first kappa shape index (κ1) is 13.3. The summed E-state index contributed by atoms with van der Waals surface area (Å²) in [5.74, 6) is -2.18. The van der Waals surface area contributed by atoms with Crippen LogP contribution >= 0.6 is 0 Å². The first-order valence-corrected chi connectivity index (χ1v) is 5.81. The van der Waals surface area contributed by atoms with Gasteiger partial charge in [0.25, 0.3) is 0 Å². The summed E-state index contributed by atoms with van der Waals surface area (Å²) < 4.78 is 41.5. The Hall–Kier alpha value is -2.17. The molecule has 0 heterocycles. The number of anilines is 3. The molecule has 0 saturated carbocycles. The zero-order chi connectivity index (χ0) is 14.0. The van der Waals surface area contributed by atoms with Crippen LogP contribution in [-0.2, 0) is 0 Å². The van der Waals surface area contributed by atoms with Crippen LogP contribution in [0.2, 0.25) is 0 Å². The Balaban J connectivity index is 2.58. The fourth-order valence-electron chi connectivity index (χ4n) is 1.96. The molecule has 0 aliphatic carbocycles. The molecule has 0 bridgehead atoms. The van der Waals surface area contributed by atoms with Crippen molar-refractivity contribution in [2.75, 3.05) is 17.2 Å². The summed E-state index contributed by atoms with van der Waals surface area (Å²) in [5.41, 5.74) is 5.17. The molecule has 0 atom stereocenters. The number of halogens is 3. The molecule has 2 nitrogen and oxygen atoms in total. The molecule has 2 aromatic carbocycles. The van der Waals surface area contributed by atoms with E-state index < -0.39 is 17.5 Å². The molecule has 19 heavy (non-hydrogen) atoms. The minimum Gasteiger partial charge on any atom is -0.399 e. The lowest BCUT2D eigenvalue weighted by atomic mass is 10.2. The van der Waals surface area contributed by atoms with Crippen molar-refractivity contribution in [3.63, 3.8) is 0 Å². The summed E-state index contributed by atoms with van der Waals surface area (Å²) in [6.45, 7) is 1.90. The largest absolute Gasteiger partial charge is 0.399 e. The number of nitrogens with two attached hydrogens (primary N) is 1. The van der Waals surface area contributed by atoms with Crippen LogP contribution < -0.4 is 10.6 Å². The average Bonchev–Trinajstić information content (AvgIpc) is 2.34. The number of nitrogen functional groups attached to an aromatic ring is 1. The molecular weight excluding hydrogens is 253 g/mol. The minimum absolute atomic E-state index is 0.0108. The molecule has 0 aliphatic heterocycles. The maximum atomic E-state index is 13.9. The third-order valence-corrected chi connectivity index (χ3v) is 2.77. The molecule has 0 aromatic heterocycles. The molecule has 0 fully saturated rings. The van der Waals surface area contributed by atoms with Gasteiger partial charge >= 0.3 is 0 Å². The van der Waals surface area contributed by atoms with Crippen molar-refractivity contribution in [2.45, 2.75) is 6.92 Å². The highest BCUT2D eigenvalue weighted by molar-refractivity contribution is 5.66. The van der Waals surface area contributed by atoms with Crippen LogP contribution in [0.25, 0.3) is 0 Å². The molecule has 0 aliphatic rings. The lowest BCUT2D eigenvalue weighted by molar-refractivity contribution is 0.578. The van der Waals surface area contributed by atoms with Gasteiger partial charge in [-0.1, -0.05) is 12.1 Å². The first-order chi connectivity index (χ1) is 9.04. The van der Waals surface area contributed by atoms with E-state index in [-0.39, 0.29) is 23.6 Å². The molecule has 2 N–H and O–H groups in total. The standard InChI is InChI=1S/C14H13F3N2/c1-2-19(13-6-4-3-5-10(13)15)14-11(16)7-9(18)8-12(14)17/h3-8H,2,18H2,1H3. The maximum Gasteiger partial charge on any atom is 0.151 e. The van der Waals surface area contributed by atoms with E-state index in [1.54, 1.807) is 13.0 Å². The van der Waals surface area contributed by atoms with Crippen LogP contribution in [0.4, 0.5) is 30.2 Å². The summed E-state index contributed by atoms with van der Waals surface area (Å²) in [7, 11) is 0. The molecule has 100 valence electrons. The van der Waals surface area contributed by atoms with E-state index in [0.717, 1.165) is 12.1 Å². The molecule has 2 rings (SSSR count). The lowest BCUT2D eigenvalue weighted by Gasteiger charge is -2.24. The summed E-state index contributed by atoms with van der Waals surface area (Å²) in [6.07, 6.45) is 0. The molecule has 0 spiro atoms. The van der Waals surface area contributed by atoms with Gasteiger partial charge in [-0.2, -0.15) is 0 Å². The molecule has 0 radical (unpaired) electrons. The van der Waals surface area contributed by atoms with E-state index in [1.165, 1.54) is 23.1 Å². The van der Waals surface area contributed by atoms with Crippen molar-refractivity contribution in [2.24, 2.45) is 0 Å². The van der Waals surface area contributed by atoms with Crippen molar-refractivity contribution in [3.8, 4) is 0 Å². The van der Waals surface area contributed by atoms with Gasteiger partial charge in [-0.25, -0.2) is 13.2 Å².